The minimum Gasteiger partial charge on any atom is -0.496 e. The second kappa shape index (κ2) is 6.48. The van der Waals surface area contributed by atoms with E-state index in [0.29, 0.717) is 27.6 Å². The largest absolute Gasteiger partial charge is 0.496 e. The van der Waals surface area contributed by atoms with Crippen molar-refractivity contribution >= 4 is 27.5 Å². The normalized spacial score (nSPS) is 12.1. The van der Waals surface area contributed by atoms with E-state index in [1.807, 2.05) is 6.07 Å². The van der Waals surface area contributed by atoms with Crippen LogP contribution in [0.15, 0.2) is 40.9 Å². The van der Waals surface area contributed by atoms with Gasteiger partial charge in [0.25, 0.3) is 0 Å². The molecule has 0 spiro atoms. The molecule has 0 heterocycles. The number of hydrogen-bond acceptors (Lipinski definition) is 3. The Bertz CT molecular complexity index is 594. The van der Waals surface area contributed by atoms with Crippen molar-refractivity contribution in [3.63, 3.8) is 0 Å². The molecule has 2 aromatic carbocycles. The van der Waals surface area contributed by atoms with Gasteiger partial charge in [-0.2, -0.15) is 0 Å². The fourth-order valence-corrected chi connectivity index (χ4v) is 2.80. The third-order valence-electron chi connectivity index (χ3n) is 3.00. The molecule has 20 heavy (non-hydrogen) atoms. The summed E-state index contributed by atoms with van der Waals surface area (Å²) in [6, 6.07) is 10.7. The molecule has 1 unspecified atom stereocenters. The van der Waals surface area contributed by atoms with Gasteiger partial charge >= 0.3 is 0 Å². The molecular formula is C15H14BrClO3. The Balaban J connectivity index is 2.55. The number of hydrogen-bond donors (Lipinski definition) is 1. The second-order valence-electron chi connectivity index (χ2n) is 4.14. The molecule has 0 saturated carbocycles. The highest BCUT2D eigenvalue weighted by Crippen LogP contribution is 2.39. The summed E-state index contributed by atoms with van der Waals surface area (Å²) in [5, 5.41) is 11.1. The van der Waals surface area contributed by atoms with E-state index in [1.54, 1.807) is 44.6 Å². The summed E-state index contributed by atoms with van der Waals surface area (Å²) in [6.45, 7) is 0. The van der Waals surface area contributed by atoms with Gasteiger partial charge in [-0.3, -0.25) is 0 Å². The summed E-state index contributed by atoms with van der Waals surface area (Å²) in [6.07, 6.45) is -0.929. The van der Waals surface area contributed by atoms with Gasteiger partial charge in [0.05, 0.1) is 19.8 Å². The van der Waals surface area contributed by atoms with Crippen molar-refractivity contribution in [1.29, 1.82) is 0 Å². The number of aliphatic hydroxyl groups excluding tert-OH is 1. The molecule has 0 bridgehead atoms. The number of aliphatic hydroxyl groups is 1. The monoisotopic (exact) mass is 356 g/mol. The lowest BCUT2D eigenvalue weighted by Crippen LogP contribution is -2.05. The van der Waals surface area contributed by atoms with Crippen molar-refractivity contribution in [2.24, 2.45) is 0 Å². The molecule has 2 aromatic rings. The van der Waals surface area contributed by atoms with Crippen LogP contribution in [0.4, 0.5) is 0 Å². The van der Waals surface area contributed by atoms with E-state index in [9.17, 15) is 5.11 Å². The lowest BCUT2D eigenvalue weighted by molar-refractivity contribution is 0.209. The first-order valence-corrected chi connectivity index (χ1v) is 7.09. The fourth-order valence-electron chi connectivity index (χ4n) is 2.03. The molecule has 0 amide bonds. The van der Waals surface area contributed by atoms with E-state index in [1.165, 1.54) is 0 Å². The van der Waals surface area contributed by atoms with Crippen LogP contribution in [0.5, 0.6) is 11.5 Å². The molecule has 3 nitrogen and oxygen atoms in total. The molecule has 1 atom stereocenters. The first kappa shape index (κ1) is 15.2. The topological polar surface area (TPSA) is 38.7 Å². The van der Waals surface area contributed by atoms with Crippen LogP contribution in [-0.4, -0.2) is 19.3 Å². The lowest BCUT2D eigenvalue weighted by atomic mass is 9.99. The average Bonchev–Trinajstić information content (AvgIpc) is 2.45. The van der Waals surface area contributed by atoms with Gasteiger partial charge in [0, 0.05) is 15.1 Å². The lowest BCUT2D eigenvalue weighted by Gasteiger charge is -2.19. The van der Waals surface area contributed by atoms with Crippen molar-refractivity contribution in [2.75, 3.05) is 14.2 Å². The summed E-state index contributed by atoms with van der Waals surface area (Å²) in [5.41, 5.74) is 1.15. The van der Waals surface area contributed by atoms with Crippen molar-refractivity contribution in [3.8, 4) is 11.5 Å². The van der Waals surface area contributed by atoms with E-state index in [2.05, 4.69) is 15.9 Å². The van der Waals surface area contributed by atoms with Crippen LogP contribution >= 0.6 is 27.5 Å². The van der Waals surface area contributed by atoms with Crippen molar-refractivity contribution < 1.29 is 14.6 Å². The zero-order valence-corrected chi connectivity index (χ0v) is 13.4. The van der Waals surface area contributed by atoms with Crippen LogP contribution in [0, 0.1) is 0 Å². The highest BCUT2D eigenvalue weighted by atomic mass is 79.9. The number of ether oxygens (including phenoxy) is 2. The molecule has 0 radical (unpaired) electrons. The zero-order valence-electron chi connectivity index (χ0n) is 11.1. The van der Waals surface area contributed by atoms with E-state index in [-0.39, 0.29) is 0 Å². The number of benzene rings is 2. The van der Waals surface area contributed by atoms with Gasteiger partial charge in [-0.1, -0.05) is 39.7 Å². The van der Waals surface area contributed by atoms with E-state index >= 15 is 0 Å². The van der Waals surface area contributed by atoms with Gasteiger partial charge in [-0.25, -0.2) is 0 Å². The number of halogens is 2. The highest BCUT2D eigenvalue weighted by Gasteiger charge is 2.22. The van der Waals surface area contributed by atoms with Crippen LogP contribution in [0.2, 0.25) is 5.02 Å². The molecule has 0 aliphatic rings. The third kappa shape index (κ3) is 2.92. The molecular weight excluding hydrogens is 344 g/mol. The first-order chi connectivity index (χ1) is 9.58. The Morgan fingerprint density at radius 1 is 1.10 bits per heavy atom. The predicted octanol–water partition coefficient (Wildman–Crippen LogP) is 4.20. The first-order valence-electron chi connectivity index (χ1n) is 5.92. The molecule has 0 saturated heterocycles. The van der Waals surface area contributed by atoms with Crippen LogP contribution in [0.25, 0.3) is 0 Å². The second-order valence-corrected chi connectivity index (χ2v) is 5.47. The molecule has 1 N–H and O–H groups in total. The van der Waals surface area contributed by atoms with E-state index in [4.69, 9.17) is 21.1 Å². The van der Waals surface area contributed by atoms with Gasteiger partial charge in [0.1, 0.15) is 17.6 Å². The predicted molar refractivity (Wildman–Crippen MR) is 82.8 cm³/mol. The maximum atomic E-state index is 10.6. The highest BCUT2D eigenvalue weighted by molar-refractivity contribution is 9.10. The van der Waals surface area contributed by atoms with Crippen molar-refractivity contribution in [1.82, 2.24) is 0 Å². The average molecular weight is 358 g/mol. The molecule has 0 fully saturated rings. The number of methoxy groups -OCH3 is 2. The zero-order chi connectivity index (χ0) is 14.7. The molecule has 106 valence electrons. The Kier molecular flexibility index (Phi) is 4.91. The summed E-state index contributed by atoms with van der Waals surface area (Å²) >= 11 is 9.54. The van der Waals surface area contributed by atoms with Crippen molar-refractivity contribution in [2.45, 2.75) is 6.10 Å². The standard InChI is InChI=1S/C15H14BrClO3/c1-19-12-4-3-5-13(20-2)14(12)15(18)10-7-6-9(16)8-11(10)17/h3-8,15,18H,1-2H3. The van der Waals surface area contributed by atoms with E-state index < -0.39 is 6.10 Å². The quantitative estimate of drug-likeness (QED) is 0.891. The van der Waals surface area contributed by atoms with Gasteiger partial charge in [0.2, 0.25) is 0 Å². The van der Waals surface area contributed by atoms with Crippen LogP contribution in [0.1, 0.15) is 17.2 Å². The Morgan fingerprint density at radius 3 is 2.20 bits per heavy atom. The summed E-state index contributed by atoms with van der Waals surface area (Å²) in [5.74, 6) is 1.10. The smallest absolute Gasteiger partial charge is 0.128 e. The SMILES string of the molecule is COc1cccc(OC)c1C(O)c1ccc(Br)cc1Cl. The summed E-state index contributed by atoms with van der Waals surface area (Å²) in [4.78, 5) is 0. The molecule has 5 heteroatoms. The van der Waals surface area contributed by atoms with Crippen LogP contribution in [0.3, 0.4) is 0 Å². The minimum atomic E-state index is -0.929. The van der Waals surface area contributed by atoms with Crippen LogP contribution < -0.4 is 9.47 Å². The summed E-state index contributed by atoms with van der Waals surface area (Å²) in [7, 11) is 3.10. The third-order valence-corrected chi connectivity index (χ3v) is 3.82. The van der Waals surface area contributed by atoms with Crippen LogP contribution in [-0.2, 0) is 0 Å². The Labute approximate surface area is 131 Å². The summed E-state index contributed by atoms with van der Waals surface area (Å²) < 4.78 is 11.5. The van der Waals surface area contributed by atoms with Gasteiger partial charge in [-0.15, -0.1) is 0 Å². The van der Waals surface area contributed by atoms with E-state index in [0.717, 1.165) is 4.47 Å². The van der Waals surface area contributed by atoms with Crippen molar-refractivity contribution in [3.05, 3.63) is 57.0 Å². The maximum absolute atomic E-state index is 10.6. The molecule has 0 aliphatic carbocycles. The molecule has 0 aliphatic heterocycles. The van der Waals surface area contributed by atoms with Gasteiger partial charge < -0.3 is 14.6 Å². The Morgan fingerprint density at radius 2 is 1.70 bits per heavy atom. The molecule has 0 aromatic heterocycles. The fraction of sp³-hybridized carbons (Fsp3) is 0.200. The Hall–Kier alpha value is -1.23. The minimum absolute atomic E-state index is 0.472. The molecule has 2 rings (SSSR count). The van der Waals surface area contributed by atoms with Gasteiger partial charge in [0.15, 0.2) is 0 Å². The van der Waals surface area contributed by atoms with Gasteiger partial charge in [-0.05, 0) is 24.3 Å². The number of rotatable bonds is 4. The maximum Gasteiger partial charge on any atom is 0.128 e.